The quantitative estimate of drug-likeness (QED) is 0.648. The van der Waals surface area contributed by atoms with Crippen molar-refractivity contribution in [3.05, 3.63) is 60.3 Å². The molecular formula is C23H26N4O2. The Morgan fingerprint density at radius 3 is 2.62 bits per heavy atom. The molecule has 1 fully saturated rings. The molecule has 2 aromatic carbocycles. The molecule has 1 aliphatic heterocycles. The summed E-state index contributed by atoms with van der Waals surface area (Å²) in [4.78, 5) is 15.1. The standard InChI is InChI=1S/C23H26N4O2/c1-17-9-7-8-15-27(17)22-20-13-6-5-12-19(20)21(25-26-22)23(28)24-14-16-29-18-10-3-2-4-11-18/h2-6,10-13,17H,7-9,14-16H2,1H3,(H,24,28)/t17-/m1/s1. The van der Waals surface area contributed by atoms with Gasteiger partial charge < -0.3 is 15.0 Å². The maximum Gasteiger partial charge on any atom is 0.272 e. The molecule has 1 saturated heterocycles. The topological polar surface area (TPSA) is 67.4 Å². The number of carbonyl (C=O) groups excluding carboxylic acids is 1. The lowest BCUT2D eigenvalue weighted by atomic mass is 10.0. The van der Waals surface area contributed by atoms with Gasteiger partial charge in [-0.05, 0) is 38.3 Å². The molecule has 6 heteroatoms. The maximum atomic E-state index is 12.7. The Morgan fingerprint density at radius 1 is 1.07 bits per heavy atom. The van der Waals surface area contributed by atoms with Gasteiger partial charge in [-0.2, -0.15) is 0 Å². The maximum absolute atomic E-state index is 12.7. The number of benzene rings is 2. The van der Waals surface area contributed by atoms with Crippen LogP contribution in [0, 0.1) is 0 Å². The number of carbonyl (C=O) groups is 1. The van der Waals surface area contributed by atoms with E-state index in [1.54, 1.807) is 0 Å². The van der Waals surface area contributed by atoms with Crippen molar-refractivity contribution in [3.8, 4) is 5.75 Å². The summed E-state index contributed by atoms with van der Waals surface area (Å²) in [6, 6.07) is 17.9. The van der Waals surface area contributed by atoms with Gasteiger partial charge in [0.15, 0.2) is 11.5 Å². The number of hydrogen-bond acceptors (Lipinski definition) is 5. The van der Waals surface area contributed by atoms with Crippen LogP contribution in [-0.4, -0.2) is 41.8 Å². The number of nitrogens with zero attached hydrogens (tertiary/aromatic N) is 3. The minimum absolute atomic E-state index is 0.233. The van der Waals surface area contributed by atoms with Crippen LogP contribution in [0.15, 0.2) is 54.6 Å². The highest BCUT2D eigenvalue weighted by atomic mass is 16.5. The molecule has 6 nitrogen and oxygen atoms in total. The van der Waals surface area contributed by atoms with E-state index in [1.165, 1.54) is 6.42 Å². The number of ether oxygens (including phenoxy) is 1. The highest BCUT2D eigenvalue weighted by Gasteiger charge is 2.24. The Hall–Kier alpha value is -3.15. The first kappa shape index (κ1) is 19.2. The van der Waals surface area contributed by atoms with Gasteiger partial charge in [-0.25, -0.2) is 0 Å². The Bertz CT molecular complexity index is 977. The van der Waals surface area contributed by atoms with Crippen LogP contribution in [0.5, 0.6) is 5.75 Å². The minimum Gasteiger partial charge on any atom is -0.492 e. The molecule has 0 radical (unpaired) electrons. The molecule has 2 heterocycles. The average molecular weight is 390 g/mol. The van der Waals surface area contributed by atoms with Crippen LogP contribution < -0.4 is 15.0 Å². The number of para-hydroxylation sites is 1. The van der Waals surface area contributed by atoms with Crippen molar-refractivity contribution in [2.45, 2.75) is 32.2 Å². The molecule has 4 rings (SSSR count). The minimum atomic E-state index is -0.233. The summed E-state index contributed by atoms with van der Waals surface area (Å²) in [5.74, 6) is 1.42. The molecule has 1 aliphatic rings. The summed E-state index contributed by atoms with van der Waals surface area (Å²) >= 11 is 0. The van der Waals surface area contributed by atoms with Crippen LogP contribution in [0.2, 0.25) is 0 Å². The first-order valence-corrected chi connectivity index (χ1v) is 10.2. The zero-order chi connectivity index (χ0) is 20.1. The lowest BCUT2D eigenvalue weighted by Gasteiger charge is -2.34. The molecule has 1 N–H and O–H groups in total. The predicted octanol–water partition coefficient (Wildman–Crippen LogP) is 3.82. The van der Waals surface area contributed by atoms with Crippen molar-refractivity contribution in [1.82, 2.24) is 15.5 Å². The molecule has 0 spiro atoms. The van der Waals surface area contributed by atoms with Gasteiger partial charge in [0.25, 0.3) is 5.91 Å². The molecular weight excluding hydrogens is 364 g/mol. The summed E-state index contributed by atoms with van der Waals surface area (Å²) in [5.41, 5.74) is 0.355. The summed E-state index contributed by atoms with van der Waals surface area (Å²) in [7, 11) is 0. The van der Waals surface area contributed by atoms with Crippen molar-refractivity contribution in [2.24, 2.45) is 0 Å². The van der Waals surface area contributed by atoms with Gasteiger partial charge in [0, 0.05) is 23.4 Å². The van der Waals surface area contributed by atoms with Crippen LogP contribution in [0.3, 0.4) is 0 Å². The third kappa shape index (κ3) is 4.31. The van der Waals surface area contributed by atoms with E-state index in [2.05, 4.69) is 27.3 Å². The van der Waals surface area contributed by atoms with E-state index in [1.807, 2.05) is 54.6 Å². The molecule has 1 aromatic heterocycles. The highest BCUT2D eigenvalue weighted by Crippen LogP contribution is 2.30. The molecule has 1 atom stereocenters. The fourth-order valence-electron chi connectivity index (χ4n) is 3.82. The number of amides is 1. The van der Waals surface area contributed by atoms with Crippen molar-refractivity contribution in [2.75, 3.05) is 24.6 Å². The second-order valence-corrected chi connectivity index (χ2v) is 7.37. The second kappa shape index (κ2) is 8.90. The number of piperidine rings is 1. The second-order valence-electron chi connectivity index (χ2n) is 7.37. The zero-order valence-corrected chi connectivity index (χ0v) is 16.7. The number of hydrogen-bond donors (Lipinski definition) is 1. The van der Waals surface area contributed by atoms with Crippen molar-refractivity contribution in [3.63, 3.8) is 0 Å². The molecule has 0 unspecified atom stereocenters. The average Bonchev–Trinajstić information content (AvgIpc) is 2.77. The molecule has 0 saturated carbocycles. The van der Waals surface area contributed by atoms with Crippen LogP contribution >= 0.6 is 0 Å². The van der Waals surface area contributed by atoms with Gasteiger partial charge in [-0.15, -0.1) is 10.2 Å². The SMILES string of the molecule is C[C@@H]1CCCCN1c1nnc(C(=O)NCCOc2ccccc2)c2ccccc12. The largest absolute Gasteiger partial charge is 0.492 e. The van der Waals surface area contributed by atoms with Crippen LogP contribution in [0.4, 0.5) is 5.82 Å². The fourth-order valence-corrected chi connectivity index (χ4v) is 3.82. The van der Waals surface area contributed by atoms with Gasteiger partial charge >= 0.3 is 0 Å². The van der Waals surface area contributed by atoms with Crippen molar-refractivity contribution >= 4 is 22.5 Å². The third-order valence-electron chi connectivity index (χ3n) is 5.36. The van der Waals surface area contributed by atoms with Crippen molar-refractivity contribution in [1.29, 1.82) is 0 Å². The molecule has 0 aliphatic carbocycles. The molecule has 150 valence electrons. The Balaban J connectivity index is 1.49. The van der Waals surface area contributed by atoms with E-state index < -0.39 is 0 Å². The van der Waals surface area contributed by atoms with Crippen LogP contribution in [0.25, 0.3) is 10.8 Å². The molecule has 3 aromatic rings. The number of rotatable bonds is 6. The van der Waals surface area contributed by atoms with Gasteiger partial charge in [0.1, 0.15) is 12.4 Å². The summed E-state index contributed by atoms with van der Waals surface area (Å²) in [6.45, 7) is 3.99. The molecule has 0 bridgehead atoms. The predicted molar refractivity (Wildman–Crippen MR) is 114 cm³/mol. The van der Waals surface area contributed by atoms with Crippen LogP contribution in [0.1, 0.15) is 36.7 Å². The highest BCUT2D eigenvalue weighted by molar-refractivity contribution is 6.07. The smallest absolute Gasteiger partial charge is 0.272 e. The lowest BCUT2D eigenvalue weighted by molar-refractivity contribution is 0.0943. The normalized spacial score (nSPS) is 16.6. The first-order valence-electron chi connectivity index (χ1n) is 10.2. The van der Waals surface area contributed by atoms with E-state index in [4.69, 9.17) is 4.74 Å². The number of fused-ring (bicyclic) bond motifs is 1. The van der Waals surface area contributed by atoms with Gasteiger partial charge in [0.05, 0.1) is 6.54 Å². The van der Waals surface area contributed by atoms with E-state index in [9.17, 15) is 4.79 Å². The van der Waals surface area contributed by atoms with E-state index in [0.717, 1.165) is 41.7 Å². The lowest BCUT2D eigenvalue weighted by Crippen LogP contribution is -2.38. The van der Waals surface area contributed by atoms with Gasteiger partial charge in [0.2, 0.25) is 0 Å². The van der Waals surface area contributed by atoms with Crippen LogP contribution in [-0.2, 0) is 0 Å². The van der Waals surface area contributed by atoms with Crippen molar-refractivity contribution < 1.29 is 9.53 Å². The monoisotopic (exact) mass is 390 g/mol. The number of anilines is 1. The number of nitrogens with one attached hydrogen (secondary N) is 1. The van der Waals surface area contributed by atoms with Gasteiger partial charge in [-0.3, -0.25) is 4.79 Å². The van der Waals surface area contributed by atoms with Gasteiger partial charge in [-0.1, -0.05) is 42.5 Å². The van der Waals surface area contributed by atoms with E-state index in [-0.39, 0.29) is 5.91 Å². The number of aromatic nitrogens is 2. The molecule has 29 heavy (non-hydrogen) atoms. The first-order chi connectivity index (χ1) is 14.2. The Morgan fingerprint density at radius 2 is 1.83 bits per heavy atom. The van der Waals surface area contributed by atoms with E-state index >= 15 is 0 Å². The summed E-state index contributed by atoms with van der Waals surface area (Å²) < 4.78 is 5.63. The Kier molecular flexibility index (Phi) is 5.89. The fraction of sp³-hybridized carbons (Fsp3) is 0.348. The summed E-state index contributed by atoms with van der Waals surface area (Å²) in [5, 5.41) is 13.5. The summed E-state index contributed by atoms with van der Waals surface area (Å²) in [6.07, 6.45) is 3.55. The molecule has 1 amide bonds. The van der Waals surface area contributed by atoms with E-state index in [0.29, 0.717) is 24.9 Å². The third-order valence-corrected chi connectivity index (χ3v) is 5.36. The zero-order valence-electron chi connectivity index (χ0n) is 16.7. The Labute approximate surface area is 170 Å².